The third-order valence-corrected chi connectivity index (χ3v) is 6.09. The molecule has 1 amide bonds. The summed E-state index contributed by atoms with van der Waals surface area (Å²) in [5.41, 5.74) is 0.934. The standard InChI is InChI=1S/C18H21NO4S/c1-10-4-5-12(18(21)22)9-19(10)17(20)16-11(2)14-8-13(23-3)6-7-15(14)24-16/h6-8,10,12H,4-5,9H2,1-3H3,(H,21,22). The molecule has 1 aromatic carbocycles. The molecule has 0 spiro atoms. The maximum Gasteiger partial charge on any atom is 0.308 e. The van der Waals surface area contributed by atoms with E-state index in [1.165, 1.54) is 11.3 Å². The number of hydrogen-bond donors (Lipinski definition) is 1. The number of carboxylic acids is 1. The fraction of sp³-hybridized carbons (Fsp3) is 0.444. The average Bonchev–Trinajstić information content (AvgIpc) is 2.90. The number of aryl methyl sites for hydroxylation is 1. The summed E-state index contributed by atoms with van der Waals surface area (Å²) >= 11 is 1.46. The number of likely N-dealkylation sites (tertiary alicyclic amines) is 1. The van der Waals surface area contributed by atoms with Crippen LogP contribution in [0.5, 0.6) is 5.75 Å². The topological polar surface area (TPSA) is 66.8 Å². The summed E-state index contributed by atoms with van der Waals surface area (Å²) in [7, 11) is 1.62. The molecule has 2 unspecified atom stereocenters. The van der Waals surface area contributed by atoms with Gasteiger partial charge in [0, 0.05) is 17.3 Å². The summed E-state index contributed by atoms with van der Waals surface area (Å²) < 4.78 is 6.30. The predicted octanol–water partition coefficient (Wildman–Crippen LogP) is 3.54. The molecule has 0 radical (unpaired) electrons. The third kappa shape index (κ3) is 2.86. The number of fused-ring (bicyclic) bond motifs is 1. The van der Waals surface area contributed by atoms with Crippen molar-refractivity contribution in [2.75, 3.05) is 13.7 Å². The molecule has 1 saturated heterocycles. The number of piperidine rings is 1. The lowest BCUT2D eigenvalue weighted by Crippen LogP contribution is -2.47. The Bertz CT molecular complexity index is 798. The number of aliphatic carboxylic acids is 1. The molecular formula is C18H21NO4S. The lowest BCUT2D eigenvalue weighted by atomic mass is 9.93. The van der Waals surface area contributed by atoms with E-state index in [1.54, 1.807) is 12.0 Å². The second kappa shape index (κ2) is 6.43. The number of ether oxygens (including phenoxy) is 1. The first-order valence-corrected chi connectivity index (χ1v) is 8.85. The average molecular weight is 347 g/mol. The van der Waals surface area contributed by atoms with Gasteiger partial charge in [0.25, 0.3) is 5.91 Å². The molecular weight excluding hydrogens is 326 g/mol. The van der Waals surface area contributed by atoms with Crippen molar-refractivity contribution >= 4 is 33.3 Å². The van der Waals surface area contributed by atoms with Crippen molar-refractivity contribution in [2.24, 2.45) is 5.92 Å². The quantitative estimate of drug-likeness (QED) is 0.922. The Kier molecular flexibility index (Phi) is 4.49. The normalized spacial score (nSPS) is 21.0. The number of carbonyl (C=O) groups excluding carboxylic acids is 1. The molecule has 0 aliphatic carbocycles. The number of benzene rings is 1. The Hall–Kier alpha value is -2.08. The van der Waals surface area contributed by atoms with Gasteiger partial charge in [0.2, 0.25) is 0 Å². The summed E-state index contributed by atoms with van der Waals surface area (Å²) in [5.74, 6) is -0.594. The minimum absolute atomic E-state index is 0.0623. The highest BCUT2D eigenvalue weighted by Crippen LogP contribution is 2.35. The van der Waals surface area contributed by atoms with E-state index >= 15 is 0 Å². The molecule has 0 bridgehead atoms. The van der Waals surface area contributed by atoms with E-state index < -0.39 is 11.9 Å². The fourth-order valence-corrected chi connectivity index (χ4v) is 4.40. The zero-order chi connectivity index (χ0) is 17.4. The second-order valence-corrected chi connectivity index (χ2v) is 7.39. The first kappa shape index (κ1) is 16.8. The van der Waals surface area contributed by atoms with Gasteiger partial charge in [-0.15, -0.1) is 11.3 Å². The van der Waals surface area contributed by atoms with Gasteiger partial charge in [-0.3, -0.25) is 9.59 Å². The number of carbonyl (C=O) groups is 2. The van der Waals surface area contributed by atoms with Gasteiger partial charge in [-0.2, -0.15) is 0 Å². The van der Waals surface area contributed by atoms with Crippen LogP contribution in [-0.2, 0) is 4.79 Å². The maximum atomic E-state index is 13.0. The van der Waals surface area contributed by atoms with Crippen LogP contribution in [0.3, 0.4) is 0 Å². The van der Waals surface area contributed by atoms with E-state index in [0.717, 1.165) is 27.8 Å². The highest BCUT2D eigenvalue weighted by Gasteiger charge is 2.34. The molecule has 1 aromatic heterocycles. The number of hydrogen-bond acceptors (Lipinski definition) is 4. The van der Waals surface area contributed by atoms with Crippen molar-refractivity contribution in [2.45, 2.75) is 32.7 Å². The van der Waals surface area contributed by atoms with Crippen molar-refractivity contribution in [3.8, 4) is 5.75 Å². The number of nitrogens with zero attached hydrogens (tertiary/aromatic N) is 1. The zero-order valence-electron chi connectivity index (χ0n) is 14.0. The van der Waals surface area contributed by atoms with Gasteiger partial charge >= 0.3 is 5.97 Å². The summed E-state index contributed by atoms with van der Waals surface area (Å²) in [5, 5.41) is 10.3. The number of methoxy groups -OCH3 is 1. The molecule has 1 aliphatic rings. The summed E-state index contributed by atoms with van der Waals surface area (Å²) in [4.78, 5) is 26.7. The molecule has 2 aromatic rings. The van der Waals surface area contributed by atoms with Crippen LogP contribution < -0.4 is 4.74 Å². The van der Waals surface area contributed by atoms with Crippen LogP contribution in [0.1, 0.15) is 35.0 Å². The zero-order valence-corrected chi connectivity index (χ0v) is 14.9. The van der Waals surface area contributed by atoms with Crippen LogP contribution in [0.2, 0.25) is 0 Å². The highest BCUT2D eigenvalue weighted by molar-refractivity contribution is 7.21. The highest BCUT2D eigenvalue weighted by atomic mass is 32.1. The Morgan fingerprint density at radius 2 is 2.08 bits per heavy atom. The minimum atomic E-state index is -0.822. The van der Waals surface area contributed by atoms with Crippen molar-refractivity contribution in [3.63, 3.8) is 0 Å². The van der Waals surface area contributed by atoms with Gasteiger partial charge in [-0.1, -0.05) is 0 Å². The molecule has 1 aliphatic heterocycles. The summed E-state index contributed by atoms with van der Waals surface area (Å²) in [6.07, 6.45) is 1.35. The molecule has 24 heavy (non-hydrogen) atoms. The van der Waals surface area contributed by atoms with Crippen LogP contribution in [0.25, 0.3) is 10.1 Å². The van der Waals surface area contributed by atoms with Gasteiger partial charge in [0.15, 0.2) is 0 Å². The monoisotopic (exact) mass is 347 g/mol. The molecule has 6 heteroatoms. The minimum Gasteiger partial charge on any atom is -0.497 e. The SMILES string of the molecule is COc1ccc2sc(C(=O)N3CC(C(=O)O)CCC3C)c(C)c2c1. The number of carboxylic acid groups (broad SMARTS) is 1. The smallest absolute Gasteiger partial charge is 0.308 e. The molecule has 5 nitrogen and oxygen atoms in total. The molecule has 3 rings (SSSR count). The van der Waals surface area contributed by atoms with Crippen LogP contribution in [0.4, 0.5) is 0 Å². The third-order valence-electron chi connectivity index (χ3n) is 4.83. The van der Waals surface area contributed by atoms with Crippen molar-refractivity contribution in [3.05, 3.63) is 28.6 Å². The summed E-state index contributed by atoms with van der Waals surface area (Å²) in [6.45, 7) is 4.21. The Morgan fingerprint density at radius 3 is 2.75 bits per heavy atom. The molecule has 1 N–H and O–H groups in total. The van der Waals surface area contributed by atoms with E-state index in [9.17, 15) is 14.7 Å². The van der Waals surface area contributed by atoms with Gasteiger partial charge in [0.1, 0.15) is 5.75 Å². The molecule has 128 valence electrons. The molecule has 0 saturated carbocycles. The fourth-order valence-electron chi connectivity index (χ4n) is 3.25. The predicted molar refractivity (Wildman–Crippen MR) is 94.0 cm³/mol. The number of thiophene rings is 1. The first-order valence-electron chi connectivity index (χ1n) is 8.03. The van der Waals surface area contributed by atoms with Crippen molar-refractivity contribution in [1.29, 1.82) is 0 Å². The van der Waals surface area contributed by atoms with Crippen LogP contribution in [-0.4, -0.2) is 41.6 Å². The Balaban J connectivity index is 1.95. The van der Waals surface area contributed by atoms with Crippen molar-refractivity contribution in [1.82, 2.24) is 4.90 Å². The largest absolute Gasteiger partial charge is 0.497 e. The van der Waals surface area contributed by atoms with Crippen LogP contribution in [0.15, 0.2) is 18.2 Å². The van der Waals surface area contributed by atoms with Gasteiger partial charge in [-0.05, 0) is 55.8 Å². The molecule has 2 atom stereocenters. The Labute approximate surface area is 144 Å². The van der Waals surface area contributed by atoms with E-state index in [-0.39, 0.29) is 18.5 Å². The van der Waals surface area contributed by atoms with E-state index in [2.05, 4.69) is 0 Å². The van der Waals surface area contributed by atoms with Gasteiger partial charge < -0.3 is 14.7 Å². The maximum absolute atomic E-state index is 13.0. The lowest BCUT2D eigenvalue weighted by Gasteiger charge is -2.36. The van der Waals surface area contributed by atoms with Crippen LogP contribution in [0, 0.1) is 12.8 Å². The van der Waals surface area contributed by atoms with E-state index in [1.807, 2.05) is 32.0 Å². The van der Waals surface area contributed by atoms with Crippen LogP contribution >= 0.6 is 11.3 Å². The molecule has 2 heterocycles. The molecule has 1 fully saturated rings. The van der Waals surface area contributed by atoms with Gasteiger partial charge in [0.05, 0.1) is 17.9 Å². The first-order chi connectivity index (χ1) is 11.4. The number of amides is 1. The summed E-state index contributed by atoms with van der Waals surface area (Å²) in [6, 6.07) is 5.85. The second-order valence-electron chi connectivity index (χ2n) is 6.34. The van der Waals surface area contributed by atoms with E-state index in [0.29, 0.717) is 11.3 Å². The number of rotatable bonds is 3. The Morgan fingerprint density at radius 1 is 1.33 bits per heavy atom. The van der Waals surface area contributed by atoms with E-state index in [4.69, 9.17) is 4.74 Å². The lowest BCUT2D eigenvalue weighted by molar-refractivity contribution is -0.143. The van der Waals surface area contributed by atoms with Gasteiger partial charge in [-0.25, -0.2) is 0 Å². The van der Waals surface area contributed by atoms with Crippen molar-refractivity contribution < 1.29 is 19.4 Å².